The molecule has 0 bridgehead atoms. The van der Waals surface area contributed by atoms with Crippen molar-refractivity contribution in [1.82, 2.24) is 25.1 Å². The number of nitrogens with zero attached hydrogens (tertiary/aromatic N) is 5. The molecule has 0 N–H and O–H groups in total. The van der Waals surface area contributed by atoms with Gasteiger partial charge >= 0.3 is 0 Å². The number of hydrogen-bond donors (Lipinski definition) is 0. The van der Waals surface area contributed by atoms with E-state index in [-0.39, 0.29) is 5.91 Å². The van der Waals surface area contributed by atoms with E-state index in [0.29, 0.717) is 5.16 Å². The van der Waals surface area contributed by atoms with Gasteiger partial charge in [0.2, 0.25) is 11.1 Å². The molecule has 3 aromatic rings. The minimum atomic E-state index is -0.415. The third-order valence-electron chi connectivity index (χ3n) is 4.01. The predicted octanol–water partition coefficient (Wildman–Crippen LogP) is 3.20. The van der Waals surface area contributed by atoms with Crippen LogP contribution in [-0.2, 0) is 4.79 Å². The predicted molar refractivity (Wildman–Crippen MR) is 102 cm³/mol. The third-order valence-corrected chi connectivity index (χ3v) is 5.19. The summed E-state index contributed by atoms with van der Waals surface area (Å²) in [6.07, 6.45) is 0. The van der Waals surface area contributed by atoms with Crippen molar-refractivity contribution in [2.45, 2.75) is 24.3 Å². The molecule has 0 unspecified atom stereocenters. The first kappa shape index (κ1) is 18.1. The molecule has 1 aromatic heterocycles. The summed E-state index contributed by atoms with van der Waals surface area (Å²) in [5, 5.41) is 12.3. The number of carbonyl (C=O) groups excluding carboxylic acids is 1. The Morgan fingerprint density at radius 2 is 1.85 bits per heavy atom. The van der Waals surface area contributed by atoms with E-state index in [2.05, 4.69) is 21.6 Å². The zero-order valence-electron chi connectivity index (χ0n) is 15.2. The molecule has 7 heteroatoms. The standard InChI is InChI=1S/C19H21N5OS/c1-13-10-11-16(14(2)12-13)24-19(20-21-22-24)26-17(18(25)23(3)4)15-8-6-5-7-9-15/h5-12,17H,1-4H3/t17-/m1/s1. The topological polar surface area (TPSA) is 63.9 Å². The van der Waals surface area contributed by atoms with Gasteiger partial charge in [-0.15, -0.1) is 5.10 Å². The second kappa shape index (κ2) is 7.70. The van der Waals surface area contributed by atoms with E-state index < -0.39 is 5.25 Å². The quantitative estimate of drug-likeness (QED) is 0.648. The molecule has 0 aliphatic rings. The molecule has 0 radical (unpaired) electrons. The first-order chi connectivity index (χ1) is 12.5. The fourth-order valence-electron chi connectivity index (χ4n) is 2.68. The molecule has 2 aromatic carbocycles. The largest absolute Gasteiger partial charge is 0.348 e. The molecular formula is C19H21N5OS. The molecule has 0 spiro atoms. The molecule has 0 fully saturated rings. The third kappa shape index (κ3) is 3.77. The highest BCUT2D eigenvalue weighted by Crippen LogP contribution is 2.36. The van der Waals surface area contributed by atoms with Crippen LogP contribution in [0.4, 0.5) is 0 Å². The Labute approximate surface area is 157 Å². The lowest BCUT2D eigenvalue weighted by molar-refractivity contribution is -0.128. The van der Waals surface area contributed by atoms with E-state index in [9.17, 15) is 4.79 Å². The van der Waals surface area contributed by atoms with Crippen molar-refractivity contribution in [3.63, 3.8) is 0 Å². The van der Waals surface area contributed by atoms with Gasteiger partial charge in [0.25, 0.3) is 0 Å². The number of tetrazole rings is 1. The average Bonchev–Trinajstić information content (AvgIpc) is 3.07. The van der Waals surface area contributed by atoms with E-state index in [1.54, 1.807) is 23.7 Å². The fourth-order valence-corrected chi connectivity index (χ4v) is 3.81. The van der Waals surface area contributed by atoms with Gasteiger partial charge in [-0.05, 0) is 41.5 Å². The summed E-state index contributed by atoms with van der Waals surface area (Å²) in [6, 6.07) is 15.8. The Hall–Kier alpha value is -2.67. The average molecular weight is 367 g/mol. The van der Waals surface area contributed by atoms with Crippen LogP contribution in [0.5, 0.6) is 0 Å². The molecule has 3 rings (SSSR count). The van der Waals surface area contributed by atoms with E-state index in [0.717, 1.165) is 16.8 Å². The number of rotatable bonds is 5. The van der Waals surface area contributed by atoms with Crippen LogP contribution in [0.3, 0.4) is 0 Å². The van der Waals surface area contributed by atoms with Crippen LogP contribution in [0, 0.1) is 13.8 Å². The van der Waals surface area contributed by atoms with E-state index in [1.165, 1.54) is 17.3 Å². The van der Waals surface area contributed by atoms with Gasteiger partial charge in [-0.25, -0.2) is 0 Å². The second-order valence-corrected chi connectivity index (χ2v) is 7.38. The first-order valence-electron chi connectivity index (χ1n) is 8.26. The van der Waals surface area contributed by atoms with Gasteiger partial charge in [0.15, 0.2) is 0 Å². The number of hydrogen-bond acceptors (Lipinski definition) is 5. The number of likely N-dealkylation sites (N-methyl/N-ethyl adjacent to an activating group) is 1. The second-order valence-electron chi connectivity index (χ2n) is 6.30. The Morgan fingerprint density at radius 1 is 1.12 bits per heavy atom. The van der Waals surface area contributed by atoms with Gasteiger partial charge in [-0.3, -0.25) is 4.79 Å². The van der Waals surface area contributed by atoms with Crippen molar-refractivity contribution < 1.29 is 4.79 Å². The summed E-state index contributed by atoms with van der Waals surface area (Å²) in [6.45, 7) is 4.07. The Morgan fingerprint density at radius 3 is 2.50 bits per heavy atom. The summed E-state index contributed by atoms with van der Waals surface area (Å²) in [4.78, 5) is 14.3. The van der Waals surface area contributed by atoms with Crippen LogP contribution < -0.4 is 0 Å². The first-order valence-corrected chi connectivity index (χ1v) is 9.14. The maximum atomic E-state index is 12.8. The SMILES string of the molecule is Cc1ccc(-n2nnnc2S[C@@H](C(=O)N(C)C)c2ccccc2)c(C)c1. The van der Waals surface area contributed by atoms with Crippen molar-refractivity contribution in [2.24, 2.45) is 0 Å². The normalized spacial score (nSPS) is 12.0. The highest BCUT2D eigenvalue weighted by molar-refractivity contribution is 8.00. The van der Waals surface area contributed by atoms with Crippen molar-refractivity contribution in [2.75, 3.05) is 14.1 Å². The van der Waals surface area contributed by atoms with E-state index in [4.69, 9.17) is 0 Å². The molecule has 1 amide bonds. The Bertz CT molecular complexity index is 907. The minimum absolute atomic E-state index is 0.00335. The lowest BCUT2D eigenvalue weighted by Gasteiger charge is -2.20. The van der Waals surface area contributed by atoms with Gasteiger partial charge in [0, 0.05) is 14.1 Å². The van der Waals surface area contributed by atoms with Gasteiger partial charge in [0.05, 0.1) is 5.69 Å². The maximum absolute atomic E-state index is 12.8. The number of aromatic nitrogens is 4. The van der Waals surface area contributed by atoms with Crippen molar-refractivity contribution >= 4 is 17.7 Å². The van der Waals surface area contributed by atoms with Crippen molar-refractivity contribution in [1.29, 1.82) is 0 Å². The lowest BCUT2D eigenvalue weighted by atomic mass is 10.1. The molecule has 134 valence electrons. The molecule has 1 atom stereocenters. The van der Waals surface area contributed by atoms with Gasteiger partial charge in [0.1, 0.15) is 5.25 Å². The summed E-state index contributed by atoms with van der Waals surface area (Å²) in [5.74, 6) is -0.00335. The smallest absolute Gasteiger partial charge is 0.240 e. The number of amides is 1. The summed E-state index contributed by atoms with van der Waals surface area (Å²) < 4.78 is 1.69. The van der Waals surface area contributed by atoms with E-state index in [1.807, 2.05) is 56.3 Å². The van der Waals surface area contributed by atoms with Crippen LogP contribution >= 0.6 is 11.8 Å². The molecule has 0 aliphatic carbocycles. The number of benzene rings is 2. The van der Waals surface area contributed by atoms with Crippen LogP contribution in [0.15, 0.2) is 53.7 Å². The number of aryl methyl sites for hydroxylation is 2. The molecule has 1 heterocycles. The lowest BCUT2D eigenvalue weighted by Crippen LogP contribution is -2.27. The van der Waals surface area contributed by atoms with Gasteiger partial charge in [-0.2, -0.15) is 4.68 Å². The Kier molecular flexibility index (Phi) is 5.37. The number of thioether (sulfide) groups is 1. The van der Waals surface area contributed by atoms with Gasteiger partial charge in [-0.1, -0.05) is 59.8 Å². The summed E-state index contributed by atoms with van der Waals surface area (Å²) in [7, 11) is 3.51. The molecule has 0 aliphatic heterocycles. The Balaban J connectivity index is 1.98. The fraction of sp³-hybridized carbons (Fsp3) is 0.263. The molecule has 26 heavy (non-hydrogen) atoms. The zero-order valence-corrected chi connectivity index (χ0v) is 16.1. The highest BCUT2D eigenvalue weighted by atomic mass is 32.2. The highest BCUT2D eigenvalue weighted by Gasteiger charge is 2.26. The van der Waals surface area contributed by atoms with E-state index >= 15 is 0 Å². The van der Waals surface area contributed by atoms with Crippen molar-refractivity contribution in [3.8, 4) is 5.69 Å². The molecule has 6 nitrogen and oxygen atoms in total. The van der Waals surface area contributed by atoms with Crippen LogP contribution in [0.25, 0.3) is 5.69 Å². The van der Waals surface area contributed by atoms with Gasteiger partial charge < -0.3 is 4.90 Å². The number of carbonyl (C=O) groups is 1. The maximum Gasteiger partial charge on any atom is 0.240 e. The van der Waals surface area contributed by atoms with Crippen molar-refractivity contribution in [3.05, 3.63) is 65.2 Å². The molecule has 0 saturated carbocycles. The summed E-state index contributed by atoms with van der Waals surface area (Å²) in [5.41, 5.74) is 4.09. The molecule has 0 saturated heterocycles. The van der Waals surface area contributed by atoms with Crippen LogP contribution in [0.1, 0.15) is 21.9 Å². The van der Waals surface area contributed by atoms with Crippen LogP contribution in [-0.4, -0.2) is 45.1 Å². The zero-order chi connectivity index (χ0) is 18.7. The van der Waals surface area contributed by atoms with Crippen LogP contribution in [0.2, 0.25) is 0 Å². The minimum Gasteiger partial charge on any atom is -0.348 e. The monoisotopic (exact) mass is 367 g/mol. The summed E-state index contributed by atoms with van der Waals surface area (Å²) >= 11 is 1.35. The molecular weight excluding hydrogens is 346 g/mol.